The van der Waals surface area contributed by atoms with Crippen molar-refractivity contribution in [1.82, 2.24) is 14.0 Å². The maximum absolute atomic E-state index is 9.04. The summed E-state index contributed by atoms with van der Waals surface area (Å²) in [5, 5.41) is 0. The molecule has 11 aromatic rings. The predicted octanol–water partition coefficient (Wildman–Crippen LogP) is 12.2. The lowest BCUT2D eigenvalue weighted by molar-refractivity contribution is -0.571. The Morgan fingerprint density at radius 2 is 1.17 bits per heavy atom. The van der Waals surface area contributed by atoms with Gasteiger partial charge < -0.3 is 9.21 Å². The van der Waals surface area contributed by atoms with E-state index in [0.29, 0.717) is 28.2 Å². The summed E-state index contributed by atoms with van der Waals surface area (Å²) in [7, 11) is 0. The summed E-state index contributed by atoms with van der Waals surface area (Å²) in [4.78, 5) is 7.47. The highest BCUT2D eigenvalue weighted by molar-refractivity contribution is 6.87. The second-order valence-corrected chi connectivity index (χ2v) is 15.9. The van der Waals surface area contributed by atoms with Gasteiger partial charge in [0.15, 0.2) is 0 Å². The fraction of sp³-hybridized carbons (Fsp3) is 0.0345. The molecule has 0 saturated heterocycles. The van der Waals surface area contributed by atoms with E-state index >= 15 is 0 Å². The molecule has 0 atom stereocenters. The topological polar surface area (TPSA) is 39.1 Å². The van der Waals surface area contributed by atoms with Gasteiger partial charge in [-0.3, -0.25) is 14.0 Å². The lowest BCUT2D eigenvalue weighted by atomic mass is 9.47. The minimum atomic E-state index is -0.568. The van der Waals surface area contributed by atoms with Gasteiger partial charge in [0.2, 0.25) is 5.95 Å². The van der Waals surface area contributed by atoms with Gasteiger partial charge in [0.25, 0.3) is 6.33 Å². The number of ether oxygens (including phenoxy) is 1. The SMILES string of the molecule is [2H]c1c([2H])c([2H])c(-c2cccc(-c3c([2H])c([2H])c([2H])c([2H])c3[2H])c2-[n+]2[c-]n(-c3cccc(Oc4cccc(N5c6ccccc6B(c6c(C)cccc6C)n6c5nc5ccccc56)c4)c3)c3ccccc32)c([2H])c1[2H]. The van der Waals surface area contributed by atoms with E-state index < -0.39 is 60.4 Å². The van der Waals surface area contributed by atoms with Gasteiger partial charge in [0, 0.05) is 11.8 Å². The van der Waals surface area contributed by atoms with E-state index in [4.69, 9.17) is 23.4 Å². The Hall–Kier alpha value is -8.42. The highest BCUT2D eigenvalue weighted by Gasteiger charge is 2.39. The maximum atomic E-state index is 9.04. The fourth-order valence-corrected chi connectivity index (χ4v) is 9.29. The Morgan fingerprint density at radius 1 is 0.585 bits per heavy atom. The molecule has 308 valence electrons. The summed E-state index contributed by atoms with van der Waals surface area (Å²) in [5.74, 6) is 1.84. The number of aryl methyl sites for hydroxylation is 2. The summed E-state index contributed by atoms with van der Waals surface area (Å²) >= 11 is 0. The molecule has 0 amide bonds. The van der Waals surface area contributed by atoms with Gasteiger partial charge >= 0.3 is 6.85 Å². The summed E-state index contributed by atoms with van der Waals surface area (Å²) in [6.45, 7) is 4.19. The van der Waals surface area contributed by atoms with Crippen LogP contribution < -0.4 is 25.1 Å². The Morgan fingerprint density at radius 3 is 1.89 bits per heavy atom. The van der Waals surface area contributed by atoms with Crippen molar-refractivity contribution in [3.63, 3.8) is 0 Å². The maximum Gasteiger partial charge on any atom is 0.333 e. The Kier molecular flexibility index (Phi) is 7.03. The lowest BCUT2D eigenvalue weighted by Gasteiger charge is -2.36. The summed E-state index contributed by atoms with van der Waals surface area (Å²) in [6, 6.07) is 45.4. The van der Waals surface area contributed by atoms with Crippen molar-refractivity contribution in [3.8, 4) is 45.1 Å². The number of para-hydroxylation sites is 6. The highest BCUT2D eigenvalue weighted by Crippen LogP contribution is 2.41. The third-order valence-electron chi connectivity index (χ3n) is 12.1. The third-order valence-corrected chi connectivity index (χ3v) is 12.1. The first-order valence-electron chi connectivity index (χ1n) is 26.3. The fourth-order valence-electron chi connectivity index (χ4n) is 9.29. The number of rotatable bonds is 8. The average Bonchev–Trinajstić information content (AvgIpc) is 4.00. The van der Waals surface area contributed by atoms with E-state index in [1.807, 2.05) is 97.1 Å². The molecule has 0 saturated carbocycles. The Labute approximate surface area is 392 Å². The van der Waals surface area contributed by atoms with Crippen molar-refractivity contribution in [2.45, 2.75) is 13.8 Å². The molecule has 0 bridgehead atoms. The van der Waals surface area contributed by atoms with Crippen LogP contribution in [0.1, 0.15) is 24.8 Å². The first kappa shape index (κ1) is 29.0. The monoisotopic (exact) mass is 845 g/mol. The minimum Gasteiger partial charge on any atom is -0.458 e. The molecule has 0 radical (unpaired) electrons. The lowest BCUT2D eigenvalue weighted by Crippen LogP contribution is -2.55. The van der Waals surface area contributed by atoms with E-state index in [1.54, 1.807) is 27.3 Å². The molecule has 9 aromatic carbocycles. The van der Waals surface area contributed by atoms with Crippen molar-refractivity contribution >= 4 is 57.2 Å². The predicted molar refractivity (Wildman–Crippen MR) is 265 cm³/mol. The zero-order valence-corrected chi connectivity index (χ0v) is 35.2. The van der Waals surface area contributed by atoms with E-state index in [-0.39, 0.29) is 34.8 Å². The number of aromatic nitrogens is 4. The van der Waals surface area contributed by atoms with Crippen LogP contribution in [0.4, 0.5) is 17.3 Å². The number of hydrogen-bond donors (Lipinski definition) is 0. The molecule has 0 spiro atoms. The number of anilines is 3. The molecular formula is C58H42BN5O. The van der Waals surface area contributed by atoms with Crippen LogP contribution in [0.25, 0.3) is 55.7 Å². The van der Waals surface area contributed by atoms with Crippen molar-refractivity contribution < 1.29 is 23.0 Å². The molecule has 1 aliphatic heterocycles. The molecule has 12 rings (SSSR count). The van der Waals surface area contributed by atoms with E-state index in [0.717, 1.165) is 33.8 Å². The normalized spacial score (nSPS) is 14.2. The Bertz CT molecular complexity index is 4030. The van der Waals surface area contributed by atoms with Crippen LogP contribution in [0.3, 0.4) is 0 Å². The van der Waals surface area contributed by atoms with Crippen molar-refractivity contribution in [1.29, 1.82) is 0 Å². The van der Waals surface area contributed by atoms with Crippen LogP contribution in [-0.2, 0) is 0 Å². The second-order valence-electron chi connectivity index (χ2n) is 15.9. The third kappa shape index (κ3) is 6.51. The molecule has 0 unspecified atom stereocenters. The molecular weight excluding hydrogens is 793 g/mol. The summed E-state index contributed by atoms with van der Waals surface area (Å²) in [5.41, 5.74) is 10.5. The smallest absolute Gasteiger partial charge is 0.333 e. The molecule has 7 heteroatoms. The zero-order valence-electron chi connectivity index (χ0n) is 45.2. The molecule has 3 heterocycles. The van der Waals surface area contributed by atoms with Crippen molar-refractivity contribution in [3.05, 3.63) is 236 Å². The second kappa shape index (κ2) is 15.7. The zero-order chi connectivity index (χ0) is 52.1. The van der Waals surface area contributed by atoms with Gasteiger partial charge in [-0.25, -0.2) is 4.98 Å². The van der Waals surface area contributed by atoms with E-state index in [9.17, 15) is 0 Å². The number of nitrogens with zero attached hydrogens (tertiary/aromatic N) is 5. The number of imidazole rings is 2. The van der Waals surface area contributed by atoms with E-state index in [1.165, 1.54) is 16.6 Å². The van der Waals surface area contributed by atoms with Gasteiger partial charge in [-0.1, -0.05) is 175 Å². The van der Waals surface area contributed by atoms with Gasteiger partial charge in [-0.15, -0.1) is 0 Å². The van der Waals surface area contributed by atoms with Gasteiger partial charge in [0.1, 0.15) is 11.5 Å². The standard InChI is InChI=1S/C58H42BN5O/c1-40-19-15-20-41(2)56(40)59-50-31-9-11-33-52(50)63(58-60-51-32-10-12-34-53(51)64(58)59)45-26-17-28-47(38-45)65-46-27-16-25-44(37-46)61-39-62(55-36-14-13-35-54(55)61)57-48(42-21-5-3-6-22-42)29-18-30-49(57)43-23-7-4-8-24-43/h3-38H,1-2H3/i3D,4D,5D,6D,7D,8D,21D,22D,23D,24D. The van der Waals surface area contributed by atoms with Crippen LogP contribution in [-0.4, -0.2) is 20.9 Å². The molecule has 65 heavy (non-hydrogen) atoms. The van der Waals surface area contributed by atoms with Crippen LogP contribution in [0, 0.1) is 20.2 Å². The van der Waals surface area contributed by atoms with Crippen LogP contribution in [0.5, 0.6) is 11.5 Å². The van der Waals surface area contributed by atoms with Crippen molar-refractivity contribution in [2.75, 3.05) is 4.90 Å². The molecule has 0 N–H and O–H groups in total. The van der Waals surface area contributed by atoms with Gasteiger partial charge in [0.05, 0.1) is 52.8 Å². The number of fused-ring (bicyclic) bond motifs is 5. The highest BCUT2D eigenvalue weighted by atomic mass is 16.5. The minimum absolute atomic E-state index is 0.132. The molecule has 0 aliphatic carbocycles. The largest absolute Gasteiger partial charge is 0.458 e. The summed E-state index contributed by atoms with van der Waals surface area (Å²) < 4.78 is 99.7. The van der Waals surface area contributed by atoms with Crippen molar-refractivity contribution in [2.24, 2.45) is 0 Å². The molecule has 1 aliphatic rings. The summed E-state index contributed by atoms with van der Waals surface area (Å²) in [6.07, 6.45) is 3.45. The quantitative estimate of drug-likeness (QED) is 0.0869. The number of hydrogen-bond acceptors (Lipinski definition) is 3. The van der Waals surface area contributed by atoms with Gasteiger partial charge in [-0.2, -0.15) is 0 Å². The Balaban J connectivity index is 0.987. The molecule has 0 fully saturated rings. The first-order valence-corrected chi connectivity index (χ1v) is 21.3. The molecule has 6 nitrogen and oxygen atoms in total. The van der Waals surface area contributed by atoms with E-state index in [2.05, 4.69) is 72.0 Å². The molecule has 2 aromatic heterocycles. The van der Waals surface area contributed by atoms with Gasteiger partial charge in [-0.05, 0) is 95.6 Å². The average molecular weight is 846 g/mol. The first-order chi connectivity index (χ1) is 36.2. The number of benzene rings is 9. The van der Waals surface area contributed by atoms with Crippen LogP contribution in [0.15, 0.2) is 218 Å². The van der Waals surface area contributed by atoms with Crippen LogP contribution >= 0.6 is 0 Å². The van der Waals surface area contributed by atoms with Crippen LogP contribution in [0.2, 0.25) is 0 Å².